The molecule has 0 heterocycles. The maximum absolute atomic E-state index is 9.10. The molecule has 0 atom stereocenters. The second kappa shape index (κ2) is 8.91. The van der Waals surface area contributed by atoms with E-state index in [1.165, 1.54) is 5.56 Å². The topological polar surface area (TPSA) is 44.7 Å². The molecule has 4 nitrogen and oxygen atoms in total. The molecule has 0 unspecified atom stereocenters. The second-order valence-corrected chi connectivity index (χ2v) is 4.91. The van der Waals surface area contributed by atoms with E-state index < -0.39 is 0 Å². The van der Waals surface area contributed by atoms with Crippen molar-refractivity contribution in [3.63, 3.8) is 0 Å². The molecule has 0 spiro atoms. The molecule has 0 aliphatic carbocycles. The predicted molar refractivity (Wildman–Crippen MR) is 79.6 cm³/mol. The molecule has 19 heavy (non-hydrogen) atoms. The molecule has 1 aromatic rings. The second-order valence-electron chi connectivity index (χ2n) is 4.91. The Labute approximate surface area is 116 Å². The molecule has 0 fully saturated rings. The highest BCUT2D eigenvalue weighted by atomic mass is 16.5. The number of nitrogens with one attached hydrogen (secondary N) is 1. The Morgan fingerprint density at radius 2 is 1.89 bits per heavy atom. The summed E-state index contributed by atoms with van der Waals surface area (Å²) in [7, 11) is 1.69. The minimum Gasteiger partial charge on any atom is -0.395 e. The third-order valence-corrected chi connectivity index (χ3v) is 2.95. The molecule has 0 radical (unpaired) electrons. The van der Waals surface area contributed by atoms with E-state index >= 15 is 0 Å². The molecule has 4 heteroatoms. The van der Waals surface area contributed by atoms with Gasteiger partial charge in [-0.05, 0) is 17.7 Å². The van der Waals surface area contributed by atoms with E-state index in [0.717, 1.165) is 18.8 Å². The van der Waals surface area contributed by atoms with Gasteiger partial charge < -0.3 is 20.1 Å². The van der Waals surface area contributed by atoms with Crippen molar-refractivity contribution in [2.45, 2.75) is 26.4 Å². The number of methoxy groups -OCH3 is 1. The Hall–Kier alpha value is -1.10. The fourth-order valence-corrected chi connectivity index (χ4v) is 1.84. The van der Waals surface area contributed by atoms with E-state index in [9.17, 15) is 0 Å². The van der Waals surface area contributed by atoms with Gasteiger partial charge in [-0.25, -0.2) is 0 Å². The van der Waals surface area contributed by atoms with Crippen molar-refractivity contribution in [2.24, 2.45) is 0 Å². The summed E-state index contributed by atoms with van der Waals surface area (Å²) >= 11 is 0. The van der Waals surface area contributed by atoms with Gasteiger partial charge in [-0.3, -0.25) is 0 Å². The summed E-state index contributed by atoms with van der Waals surface area (Å²) in [5, 5.41) is 12.5. The summed E-state index contributed by atoms with van der Waals surface area (Å²) in [6.07, 6.45) is 0. The monoisotopic (exact) mass is 266 g/mol. The summed E-state index contributed by atoms with van der Waals surface area (Å²) in [4.78, 5) is 2.13. The standard InChI is InChI=1S/C15H26N2O2/c1-13(2)16-12-14-4-6-15(7-5-14)17(8-10-18)9-11-19-3/h4-7,13,16,18H,8-12H2,1-3H3. The third-order valence-electron chi connectivity index (χ3n) is 2.95. The molecular weight excluding hydrogens is 240 g/mol. The number of aliphatic hydroxyl groups excluding tert-OH is 1. The van der Waals surface area contributed by atoms with Gasteiger partial charge in [0, 0.05) is 38.5 Å². The third kappa shape index (κ3) is 6.05. The first-order valence-electron chi connectivity index (χ1n) is 6.84. The molecular formula is C15H26N2O2. The van der Waals surface area contributed by atoms with Crippen LogP contribution in [0.4, 0.5) is 5.69 Å². The van der Waals surface area contributed by atoms with Crippen molar-refractivity contribution in [1.29, 1.82) is 0 Å². The van der Waals surface area contributed by atoms with Gasteiger partial charge in [0.05, 0.1) is 13.2 Å². The first-order valence-corrected chi connectivity index (χ1v) is 6.84. The van der Waals surface area contributed by atoms with Crippen molar-refractivity contribution >= 4 is 5.69 Å². The van der Waals surface area contributed by atoms with Crippen LogP contribution in [0, 0.1) is 0 Å². The van der Waals surface area contributed by atoms with E-state index in [4.69, 9.17) is 9.84 Å². The predicted octanol–water partition coefficient (Wildman–Crippen LogP) is 1.63. The van der Waals surface area contributed by atoms with Crippen LogP contribution in [0.3, 0.4) is 0 Å². The molecule has 0 aliphatic rings. The van der Waals surface area contributed by atoms with Crippen LogP contribution in [-0.4, -0.2) is 44.6 Å². The summed E-state index contributed by atoms with van der Waals surface area (Å²) in [5.41, 5.74) is 2.40. The van der Waals surface area contributed by atoms with E-state index in [1.54, 1.807) is 7.11 Å². The molecule has 0 amide bonds. The van der Waals surface area contributed by atoms with Gasteiger partial charge in [0.2, 0.25) is 0 Å². The maximum atomic E-state index is 9.10. The minimum atomic E-state index is 0.153. The lowest BCUT2D eigenvalue weighted by Gasteiger charge is -2.23. The van der Waals surface area contributed by atoms with Gasteiger partial charge in [0.25, 0.3) is 0 Å². The van der Waals surface area contributed by atoms with Crippen LogP contribution >= 0.6 is 0 Å². The Morgan fingerprint density at radius 3 is 2.42 bits per heavy atom. The number of rotatable bonds is 9. The molecule has 0 saturated heterocycles. The zero-order valence-corrected chi connectivity index (χ0v) is 12.2. The van der Waals surface area contributed by atoms with Crippen molar-refractivity contribution < 1.29 is 9.84 Å². The fourth-order valence-electron chi connectivity index (χ4n) is 1.84. The molecule has 1 rings (SSSR count). The Morgan fingerprint density at radius 1 is 1.21 bits per heavy atom. The summed E-state index contributed by atoms with van der Waals surface area (Å²) in [5.74, 6) is 0. The van der Waals surface area contributed by atoms with E-state index in [2.05, 4.69) is 48.3 Å². The summed E-state index contributed by atoms with van der Waals surface area (Å²) in [6, 6.07) is 8.95. The smallest absolute Gasteiger partial charge is 0.0637 e. The normalized spacial score (nSPS) is 11.0. The van der Waals surface area contributed by atoms with Gasteiger partial charge >= 0.3 is 0 Å². The SMILES string of the molecule is COCCN(CCO)c1ccc(CNC(C)C)cc1. The lowest BCUT2D eigenvalue weighted by Crippen LogP contribution is -2.30. The Bertz CT molecular complexity index is 339. The number of ether oxygens (including phenoxy) is 1. The number of aliphatic hydroxyl groups is 1. The quantitative estimate of drug-likeness (QED) is 0.713. The van der Waals surface area contributed by atoms with E-state index in [0.29, 0.717) is 19.2 Å². The largest absolute Gasteiger partial charge is 0.395 e. The van der Waals surface area contributed by atoms with Crippen molar-refractivity contribution in [2.75, 3.05) is 38.3 Å². The van der Waals surface area contributed by atoms with Crippen LogP contribution < -0.4 is 10.2 Å². The molecule has 0 aliphatic heterocycles. The average molecular weight is 266 g/mol. The molecule has 108 valence electrons. The molecule has 0 saturated carbocycles. The highest BCUT2D eigenvalue weighted by Crippen LogP contribution is 2.15. The lowest BCUT2D eigenvalue weighted by molar-refractivity contribution is 0.203. The lowest BCUT2D eigenvalue weighted by atomic mass is 10.2. The van der Waals surface area contributed by atoms with Gasteiger partial charge in [-0.1, -0.05) is 26.0 Å². The number of benzene rings is 1. The summed E-state index contributed by atoms with van der Waals surface area (Å²) in [6.45, 7) is 7.41. The fraction of sp³-hybridized carbons (Fsp3) is 0.600. The molecule has 0 aromatic heterocycles. The number of hydrogen-bond donors (Lipinski definition) is 2. The van der Waals surface area contributed by atoms with Gasteiger partial charge in [-0.15, -0.1) is 0 Å². The molecule has 1 aromatic carbocycles. The van der Waals surface area contributed by atoms with Crippen molar-refractivity contribution in [3.8, 4) is 0 Å². The van der Waals surface area contributed by atoms with Crippen LogP contribution in [0.1, 0.15) is 19.4 Å². The van der Waals surface area contributed by atoms with Crippen LogP contribution in [-0.2, 0) is 11.3 Å². The average Bonchev–Trinajstić information content (AvgIpc) is 2.42. The molecule has 2 N–H and O–H groups in total. The summed E-state index contributed by atoms with van der Waals surface area (Å²) < 4.78 is 5.10. The Balaban J connectivity index is 2.60. The maximum Gasteiger partial charge on any atom is 0.0637 e. The highest BCUT2D eigenvalue weighted by molar-refractivity contribution is 5.47. The van der Waals surface area contributed by atoms with Crippen LogP contribution in [0.25, 0.3) is 0 Å². The Kier molecular flexibility index (Phi) is 7.48. The number of hydrogen-bond acceptors (Lipinski definition) is 4. The minimum absolute atomic E-state index is 0.153. The van der Waals surface area contributed by atoms with Crippen LogP contribution in [0.5, 0.6) is 0 Å². The van der Waals surface area contributed by atoms with Gasteiger partial charge in [-0.2, -0.15) is 0 Å². The van der Waals surface area contributed by atoms with Gasteiger partial charge in [0.1, 0.15) is 0 Å². The first kappa shape index (κ1) is 16.0. The van der Waals surface area contributed by atoms with E-state index in [-0.39, 0.29) is 6.61 Å². The molecule has 0 bridgehead atoms. The zero-order chi connectivity index (χ0) is 14.1. The van der Waals surface area contributed by atoms with Crippen molar-refractivity contribution in [1.82, 2.24) is 5.32 Å². The number of nitrogens with zero attached hydrogens (tertiary/aromatic N) is 1. The van der Waals surface area contributed by atoms with Crippen LogP contribution in [0.15, 0.2) is 24.3 Å². The zero-order valence-electron chi connectivity index (χ0n) is 12.2. The first-order chi connectivity index (χ1) is 9.17. The van der Waals surface area contributed by atoms with E-state index in [1.807, 2.05) is 0 Å². The van der Waals surface area contributed by atoms with Crippen LogP contribution in [0.2, 0.25) is 0 Å². The number of anilines is 1. The highest BCUT2D eigenvalue weighted by Gasteiger charge is 2.05. The van der Waals surface area contributed by atoms with Gasteiger partial charge in [0.15, 0.2) is 0 Å². The van der Waals surface area contributed by atoms with Crippen molar-refractivity contribution in [3.05, 3.63) is 29.8 Å².